The molecule has 1 saturated heterocycles. The summed E-state index contributed by atoms with van der Waals surface area (Å²) in [5.41, 5.74) is 2.41. The van der Waals surface area contributed by atoms with Crippen molar-refractivity contribution in [3.63, 3.8) is 0 Å². The number of hydrazone groups is 1. The van der Waals surface area contributed by atoms with Gasteiger partial charge in [-0.05, 0) is 31.6 Å². The van der Waals surface area contributed by atoms with E-state index in [1.165, 1.54) is 6.42 Å². The van der Waals surface area contributed by atoms with Crippen molar-refractivity contribution in [1.82, 2.24) is 15.6 Å². The van der Waals surface area contributed by atoms with E-state index < -0.39 is 17.7 Å². The lowest BCUT2D eigenvalue weighted by Crippen LogP contribution is -2.52. The number of thioether (sulfide) groups is 1. The van der Waals surface area contributed by atoms with Gasteiger partial charge in [0.25, 0.3) is 0 Å². The second-order valence-corrected chi connectivity index (χ2v) is 9.25. The number of amides is 2. The first-order valence-electron chi connectivity index (χ1n) is 10.6. The van der Waals surface area contributed by atoms with Crippen LogP contribution in [0.3, 0.4) is 0 Å². The Morgan fingerprint density at radius 1 is 1.04 bits per heavy atom. The average molecular weight is 409 g/mol. The molecule has 3 fully saturated rings. The van der Waals surface area contributed by atoms with Crippen molar-refractivity contribution in [2.24, 2.45) is 16.9 Å². The van der Waals surface area contributed by atoms with Crippen LogP contribution in [0.25, 0.3) is 0 Å². The van der Waals surface area contributed by atoms with Crippen molar-refractivity contribution in [2.45, 2.75) is 70.3 Å². The lowest BCUT2D eigenvalue weighted by molar-refractivity contribution is -0.141. The molecule has 2 saturated carbocycles. The van der Waals surface area contributed by atoms with Gasteiger partial charge in [-0.2, -0.15) is 0 Å². The third-order valence-electron chi connectivity index (χ3n) is 6.14. The maximum Gasteiger partial charge on any atom is 0.309 e. The fraction of sp³-hybridized carbons (Fsp3) is 0.800. The van der Waals surface area contributed by atoms with Gasteiger partial charge in [0.2, 0.25) is 11.7 Å². The summed E-state index contributed by atoms with van der Waals surface area (Å²) in [6.45, 7) is 0.870. The molecule has 2 amide bonds. The Morgan fingerprint density at radius 2 is 1.68 bits per heavy atom. The van der Waals surface area contributed by atoms with Crippen LogP contribution in [0.2, 0.25) is 0 Å². The lowest BCUT2D eigenvalue weighted by Gasteiger charge is -2.31. The van der Waals surface area contributed by atoms with Crippen molar-refractivity contribution < 1.29 is 14.4 Å². The van der Waals surface area contributed by atoms with Crippen LogP contribution in [0.1, 0.15) is 64.2 Å². The number of amidine groups is 1. The predicted molar refractivity (Wildman–Crippen MR) is 111 cm³/mol. The van der Waals surface area contributed by atoms with Gasteiger partial charge in [-0.25, -0.2) is 5.43 Å². The number of ketones is 1. The van der Waals surface area contributed by atoms with Gasteiger partial charge in [-0.15, -0.1) is 5.10 Å². The monoisotopic (exact) mass is 408 g/mol. The molecule has 3 aliphatic rings. The van der Waals surface area contributed by atoms with E-state index in [1.54, 1.807) is 11.8 Å². The molecule has 7 nitrogen and oxygen atoms in total. The molecule has 0 spiro atoms. The molecule has 1 aliphatic heterocycles. The Kier molecular flexibility index (Phi) is 7.76. The molecule has 0 aromatic heterocycles. The number of rotatable bonds is 6. The van der Waals surface area contributed by atoms with Crippen molar-refractivity contribution in [3.8, 4) is 0 Å². The molecule has 28 heavy (non-hydrogen) atoms. The summed E-state index contributed by atoms with van der Waals surface area (Å²) in [7, 11) is 1.90. The van der Waals surface area contributed by atoms with Gasteiger partial charge in [0.1, 0.15) is 6.04 Å². The molecule has 2 aliphatic carbocycles. The van der Waals surface area contributed by atoms with E-state index in [9.17, 15) is 14.4 Å². The van der Waals surface area contributed by atoms with Gasteiger partial charge in [0.05, 0.1) is 0 Å². The van der Waals surface area contributed by atoms with Crippen LogP contribution in [0.4, 0.5) is 0 Å². The number of hydrogen-bond acceptors (Lipinski definition) is 5. The molecule has 0 unspecified atom stereocenters. The standard InChI is InChI=1S/C20H32N4O3S/c1-24-12-13-28-20(24)23-22-19(27)17(25)16(14-8-4-2-5-9-14)21-18(26)15-10-6-3-7-11-15/h14-16H,2-13H2,1H3,(H,21,26)(H,22,27)/b23-20-/t16-/m1/s1. The fourth-order valence-electron chi connectivity index (χ4n) is 4.39. The minimum Gasteiger partial charge on any atom is -0.352 e. The fourth-order valence-corrected chi connectivity index (χ4v) is 5.36. The van der Waals surface area contributed by atoms with Gasteiger partial charge < -0.3 is 10.2 Å². The molecule has 0 aromatic rings. The quantitative estimate of drug-likeness (QED) is 0.520. The second-order valence-electron chi connectivity index (χ2n) is 8.19. The summed E-state index contributed by atoms with van der Waals surface area (Å²) >= 11 is 1.55. The zero-order chi connectivity index (χ0) is 19.9. The highest BCUT2D eigenvalue weighted by atomic mass is 32.2. The molecule has 8 heteroatoms. The van der Waals surface area contributed by atoms with Gasteiger partial charge in [0.15, 0.2) is 5.17 Å². The van der Waals surface area contributed by atoms with Crippen molar-refractivity contribution >= 4 is 34.5 Å². The van der Waals surface area contributed by atoms with Gasteiger partial charge in [-0.1, -0.05) is 50.3 Å². The van der Waals surface area contributed by atoms with Crippen LogP contribution in [0.5, 0.6) is 0 Å². The minimum atomic E-state index is -0.733. The third-order valence-corrected chi connectivity index (χ3v) is 7.19. The van der Waals surface area contributed by atoms with Crippen LogP contribution < -0.4 is 10.7 Å². The van der Waals surface area contributed by atoms with Crippen LogP contribution >= 0.6 is 11.8 Å². The summed E-state index contributed by atoms with van der Waals surface area (Å²) in [5.74, 6) is -0.426. The number of carbonyl (C=O) groups is 3. The maximum absolute atomic E-state index is 12.9. The summed E-state index contributed by atoms with van der Waals surface area (Å²) in [6.07, 6.45) is 10.0. The van der Waals surface area contributed by atoms with Gasteiger partial charge in [0, 0.05) is 25.3 Å². The topological polar surface area (TPSA) is 90.9 Å². The van der Waals surface area contributed by atoms with Crippen LogP contribution in [0, 0.1) is 11.8 Å². The van der Waals surface area contributed by atoms with Crippen molar-refractivity contribution in [3.05, 3.63) is 0 Å². The Morgan fingerprint density at radius 3 is 2.29 bits per heavy atom. The Bertz CT molecular complexity index is 613. The van der Waals surface area contributed by atoms with Crippen molar-refractivity contribution in [1.29, 1.82) is 0 Å². The zero-order valence-electron chi connectivity index (χ0n) is 16.7. The number of carbonyl (C=O) groups excluding carboxylic acids is 3. The first-order valence-corrected chi connectivity index (χ1v) is 11.6. The normalized spacial score (nSPS) is 24.2. The van der Waals surface area contributed by atoms with E-state index in [1.807, 2.05) is 11.9 Å². The number of hydrogen-bond donors (Lipinski definition) is 2. The zero-order valence-corrected chi connectivity index (χ0v) is 17.6. The van der Waals surface area contributed by atoms with Crippen molar-refractivity contribution in [2.75, 3.05) is 19.3 Å². The number of Topliss-reactive ketones (excluding diaryl/α,β-unsaturated/α-hetero) is 1. The molecule has 2 N–H and O–H groups in total. The molecule has 3 rings (SSSR count). The van der Waals surface area contributed by atoms with E-state index in [2.05, 4.69) is 15.8 Å². The Labute approximate surface area is 171 Å². The molecule has 1 heterocycles. The summed E-state index contributed by atoms with van der Waals surface area (Å²) in [5, 5.41) is 7.76. The molecule has 156 valence electrons. The third kappa shape index (κ3) is 5.49. The van der Waals surface area contributed by atoms with E-state index in [4.69, 9.17) is 0 Å². The lowest BCUT2D eigenvalue weighted by atomic mass is 9.81. The highest BCUT2D eigenvalue weighted by Crippen LogP contribution is 2.29. The van der Waals surface area contributed by atoms with E-state index in [-0.39, 0.29) is 17.7 Å². The van der Waals surface area contributed by atoms with E-state index >= 15 is 0 Å². The number of nitrogens with zero attached hydrogens (tertiary/aromatic N) is 2. The summed E-state index contributed by atoms with van der Waals surface area (Å²) < 4.78 is 0. The molecule has 1 atom stereocenters. The Hall–Kier alpha value is -1.57. The second kappa shape index (κ2) is 10.3. The molecular formula is C20H32N4O3S. The summed E-state index contributed by atoms with van der Waals surface area (Å²) in [6, 6.07) is -0.733. The maximum atomic E-state index is 12.9. The highest BCUT2D eigenvalue weighted by molar-refractivity contribution is 8.14. The minimum absolute atomic E-state index is 0.0283. The van der Waals surface area contributed by atoms with Crippen LogP contribution in [0.15, 0.2) is 5.10 Å². The average Bonchev–Trinajstić information content (AvgIpc) is 3.15. The largest absolute Gasteiger partial charge is 0.352 e. The van der Waals surface area contributed by atoms with E-state index in [0.29, 0.717) is 5.17 Å². The first kappa shape index (κ1) is 21.1. The highest BCUT2D eigenvalue weighted by Gasteiger charge is 2.36. The summed E-state index contributed by atoms with van der Waals surface area (Å²) in [4.78, 5) is 40.1. The Balaban J connectivity index is 1.65. The molecule has 0 radical (unpaired) electrons. The molecular weight excluding hydrogens is 376 g/mol. The smallest absolute Gasteiger partial charge is 0.309 e. The van der Waals surface area contributed by atoms with E-state index in [0.717, 1.165) is 70.1 Å². The number of nitrogens with one attached hydrogen (secondary N) is 2. The van der Waals surface area contributed by atoms with Crippen LogP contribution in [-0.2, 0) is 14.4 Å². The van der Waals surface area contributed by atoms with Gasteiger partial charge >= 0.3 is 5.91 Å². The first-order chi connectivity index (χ1) is 13.6. The van der Waals surface area contributed by atoms with Crippen LogP contribution in [-0.4, -0.2) is 53.1 Å². The molecule has 0 aromatic carbocycles. The predicted octanol–water partition coefficient (Wildman–Crippen LogP) is 2.27. The SMILES string of the molecule is CN1CCS/C1=N\NC(=O)C(=O)[C@H](NC(=O)C1CCCCC1)C1CCCCC1. The molecule has 0 bridgehead atoms. The van der Waals surface area contributed by atoms with Gasteiger partial charge in [-0.3, -0.25) is 14.4 Å².